The van der Waals surface area contributed by atoms with E-state index in [9.17, 15) is 4.79 Å². The Kier molecular flexibility index (Phi) is 6.23. The van der Waals surface area contributed by atoms with E-state index in [4.69, 9.17) is 0 Å². The van der Waals surface area contributed by atoms with E-state index < -0.39 is 0 Å². The van der Waals surface area contributed by atoms with Crippen molar-refractivity contribution in [1.29, 1.82) is 0 Å². The third kappa shape index (κ3) is 4.45. The maximum Gasteiger partial charge on any atom is 0.237 e. The van der Waals surface area contributed by atoms with Gasteiger partial charge in [0.1, 0.15) is 0 Å². The van der Waals surface area contributed by atoms with E-state index in [1.165, 1.54) is 12.8 Å². The first kappa shape index (κ1) is 14.7. The lowest BCUT2D eigenvalue weighted by Gasteiger charge is -2.20. The molecule has 0 bridgehead atoms. The van der Waals surface area contributed by atoms with Crippen LogP contribution in [-0.2, 0) is 4.79 Å². The zero-order valence-electron chi connectivity index (χ0n) is 10.6. The summed E-state index contributed by atoms with van der Waals surface area (Å²) in [6.45, 7) is 6.07. The van der Waals surface area contributed by atoms with Gasteiger partial charge in [-0.3, -0.25) is 9.69 Å². The molecular weight excluding hydrogens is 238 g/mol. The summed E-state index contributed by atoms with van der Waals surface area (Å²) in [5.74, 6) is 0.185. The van der Waals surface area contributed by atoms with Crippen LogP contribution in [0.15, 0.2) is 0 Å². The molecule has 5 heteroatoms. The summed E-state index contributed by atoms with van der Waals surface area (Å²) in [5, 5.41) is 6.25. The van der Waals surface area contributed by atoms with Crippen LogP contribution in [0.4, 0.5) is 0 Å². The number of nitrogens with one attached hydrogen (secondary N) is 2. The summed E-state index contributed by atoms with van der Waals surface area (Å²) in [5.41, 5.74) is 0. The molecule has 2 fully saturated rings. The third-order valence-electron chi connectivity index (χ3n) is 3.54. The second-order valence-corrected chi connectivity index (χ2v) is 4.80. The first-order valence-electron chi connectivity index (χ1n) is 6.56. The van der Waals surface area contributed by atoms with Crippen molar-refractivity contribution >= 4 is 18.3 Å². The van der Waals surface area contributed by atoms with Crippen LogP contribution in [0.3, 0.4) is 0 Å². The SMILES string of the molecule is CCN(CCNC(=O)[C@@H]1CCCN1)C1CC1.Cl. The molecule has 0 unspecified atom stereocenters. The number of amides is 1. The molecule has 1 saturated heterocycles. The van der Waals surface area contributed by atoms with E-state index in [0.29, 0.717) is 0 Å². The fraction of sp³-hybridized carbons (Fsp3) is 0.917. The molecule has 0 aromatic carbocycles. The van der Waals surface area contributed by atoms with Crippen molar-refractivity contribution in [3.05, 3.63) is 0 Å². The summed E-state index contributed by atoms with van der Waals surface area (Å²) >= 11 is 0. The first-order chi connectivity index (χ1) is 7.81. The second kappa shape index (κ2) is 7.19. The molecule has 1 aliphatic heterocycles. The van der Waals surface area contributed by atoms with Gasteiger partial charge in [0.15, 0.2) is 0 Å². The molecular formula is C12H24ClN3O. The van der Waals surface area contributed by atoms with Gasteiger partial charge in [0.2, 0.25) is 5.91 Å². The Hall–Kier alpha value is -0.320. The summed E-state index contributed by atoms with van der Waals surface area (Å²) in [7, 11) is 0. The van der Waals surface area contributed by atoms with E-state index in [1.807, 2.05) is 0 Å². The Morgan fingerprint density at radius 3 is 2.71 bits per heavy atom. The fourth-order valence-corrected chi connectivity index (χ4v) is 2.39. The minimum Gasteiger partial charge on any atom is -0.353 e. The predicted molar refractivity (Wildman–Crippen MR) is 71.6 cm³/mol. The lowest BCUT2D eigenvalue weighted by Crippen LogP contribution is -2.43. The van der Waals surface area contributed by atoms with Gasteiger partial charge in [0, 0.05) is 19.1 Å². The number of hydrogen-bond acceptors (Lipinski definition) is 3. The average molecular weight is 262 g/mol. The highest BCUT2D eigenvalue weighted by molar-refractivity contribution is 5.85. The Morgan fingerprint density at radius 1 is 1.41 bits per heavy atom. The van der Waals surface area contributed by atoms with Gasteiger partial charge in [-0.05, 0) is 38.8 Å². The maximum atomic E-state index is 11.7. The van der Waals surface area contributed by atoms with Crippen molar-refractivity contribution in [2.75, 3.05) is 26.2 Å². The molecule has 2 N–H and O–H groups in total. The number of halogens is 1. The van der Waals surface area contributed by atoms with Gasteiger partial charge in [-0.25, -0.2) is 0 Å². The minimum absolute atomic E-state index is 0. The van der Waals surface area contributed by atoms with Crippen molar-refractivity contribution in [1.82, 2.24) is 15.5 Å². The van der Waals surface area contributed by atoms with Gasteiger partial charge in [0.05, 0.1) is 6.04 Å². The number of rotatable bonds is 6. The molecule has 1 amide bonds. The van der Waals surface area contributed by atoms with Crippen molar-refractivity contribution in [3.63, 3.8) is 0 Å². The predicted octanol–water partition coefficient (Wildman–Crippen LogP) is 0.761. The summed E-state index contributed by atoms with van der Waals surface area (Å²) in [6, 6.07) is 0.863. The second-order valence-electron chi connectivity index (χ2n) is 4.80. The van der Waals surface area contributed by atoms with Crippen LogP contribution in [0.5, 0.6) is 0 Å². The van der Waals surface area contributed by atoms with Gasteiger partial charge in [0.25, 0.3) is 0 Å². The number of likely N-dealkylation sites (N-methyl/N-ethyl adjacent to an activating group) is 1. The average Bonchev–Trinajstić information content (AvgIpc) is 2.97. The topological polar surface area (TPSA) is 44.4 Å². The number of nitrogens with zero attached hydrogens (tertiary/aromatic N) is 1. The third-order valence-corrected chi connectivity index (χ3v) is 3.54. The zero-order valence-corrected chi connectivity index (χ0v) is 11.4. The highest BCUT2D eigenvalue weighted by Gasteiger charge is 2.27. The number of hydrogen-bond donors (Lipinski definition) is 2. The molecule has 1 aliphatic carbocycles. The van der Waals surface area contributed by atoms with Gasteiger partial charge in [-0.15, -0.1) is 12.4 Å². The summed E-state index contributed by atoms with van der Waals surface area (Å²) in [6.07, 6.45) is 4.80. The monoisotopic (exact) mass is 261 g/mol. The molecule has 0 aromatic heterocycles. The van der Waals surface area contributed by atoms with Gasteiger partial charge in [-0.1, -0.05) is 6.92 Å². The fourth-order valence-electron chi connectivity index (χ4n) is 2.39. The minimum atomic E-state index is 0. The summed E-state index contributed by atoms with van der Waals surface area (Å²) < 4.78 is 0. The van der Waals surface area contributed by atoms with Crippen molar-refractivity contribution in [2.45, 2.75) is 44.7 Å². The Morgan fingerprint density at radius 2 is 2.18 bits per heavy atom. The Balaban J connectivity index is 0.00000144. The molecule has 0 aromatic rings. The smallest absolute Gasteiger partial charge is 0.237 e. The molecule has 0 radical (unpaired) electrons. The lowest BCUT2D eigenvalue weighted by molar-refractivity contribution is -0.122. The Labute approximate surface area is 110 Å². The van der Waals surface area contributed by atoms with E-state index in [2.05, 4.69) is 22.5 Å². The van der Waals surface area contributed by atoms with Crippen molar-refractivity contribution < 1.29 is 4.79 Å². The standard InChI is InChI=1S/C12H23N3O.ClH/c1-2-15(10-5-6-10)9-8-14-12(16)11-4-3-7-13-11;/h10-11,13H,2-9H2,1H3,(H,14,16);1H/t11-;/m0./s1. The van der Waals surface area contributed by atoms with Crippen LogP contribution >= 0.6 is 12.4 Å². The quantitative estimate of drug-likeness (QED) is 0.742. The van der Waals surface area contributed by atoms with Crippen molar-refractivity contribution in [2.24, 2.45) is 0 Å². The van der Waals surface area contributed by atoms with E-state index in [-0.39, 0.29) is 24.4 Å². The highest BCUT2D eigenvalue weighted by atomic mass is 35.5. The molecule has 1 heterocycles. The number of carbonyl (C=O) groups excluding carboxylic acids is 1. The van der Waals surface area contributed by atoms with Crippen LogP contribution in [-0.4, -0.2) is 49.1 Å². The van der Waals surface area contributed by atoms with Gasteiger partial charge >= 0.3 is 0 Å². The van der Waals surface area contributed by atoms with E-state index in [1.54, 1.807) is 0 Å². The Bertz CT molecular complexity index is 240. The molecule has 0 spiro atoms. The zero-order chi connectivity index (χ0) is 11.4. The van der Waals surface area contributed by atoms with Crippen LogP contribution in [0.1, 0.15) is 32.6 Å². The normalized spacial score (nSPS) is 23.5. The lowest BCUT2D eigenvalue weighted by atomic mass is 10.2. The molecule has 17 heavy (non-hydrogen) atoms. The molecule has 2 aliphatic rings. The molecule has 1 saturated carbocycles. The number of carbonyl (C=O) groups is 1. The maximum absolute atomic E-state index is 11.7. The summed E-state index contributed by atoms with van der Waals surface area (Å²) in [4.78, 5) is 14.2. The van der Waals surface area contributed by atoms with Gasteiger partial charge < -0.3 is 10.6 Å². The molecule has 4 nitrogen and oxygen atoms in total. The molecule has 100 valence electrons. The van der Waals surface area contributed by atoms with Crippen LogP contribution in [0, 0.1) is 0 Å². The highest BCUT2D eigenvalue weighted by Crippen LogP contribution is 2.25. The van der Waals surface area contributed by atoms with Gasteiger partial charge in [-0.2, -0.15) is 0 Å². The van der Waals surface area contributed by atoms with E-state index >= 15 is 0 Å². The first-order valence-corrected chi connectivity index (χ1v) is 6.56. The largest absolute Gasteiger partial charge is 0.353 e. The van der Waals surface area contributed by atoms with Crippen LogP contribution in [0.25, 0.3) is 0 Å². The van der Waals surface area contributed by atoms with Crippen molar-refractivity contribution in [3.8, 4) is 0 Å². The molecule has 2 rings (SSSR count). The van der Waals surface area contributed by atoms with Crippen LogP contribution < -0.4 is 10.6 Å². The van der Waals surface area contributed by atoms with Crippen LogP contribution in [0.2, 0.25) is 0 Å². The van der Waals surface area contributed by atoms with E-state index in [0.717, 1.165) is 45.1 Å². The molecule has 1 atom stereocenters.